The molecule has 2 aromatic rings. The Morgan fingerprint density at radius 2 is 2.33 bits per heavy atom. The summed E-state index contributed by atoms with van der Waals surface area (Å²) in [5, 5.41) is 4.69. The summed E-state index contributed by atoms with van der Waals surface area (Å²) in [5.74, 6) is 0.861. The Bertz CT molecular complexity index is 588. The lowest BCUT2D eigenvalue weighted by molar-refractivity contribution is -0.0145. The minimum Gasteiger partial charge on any atom is -0.486 e. The van der Waals surface area contributed by atoms with Crippen LogP contribution in [-0.2, 0) is 4.74 Å². The first kappa shape index (κ1) is 14.3. The fourth-order valence-corrected chi connectivity index (χ4v) is 2.69. The van der Waals surface area contributed by atoms with Crippen LogP contribution < -0.4 is 10.1 Å². The highest BCUT2D eigenvalue weighted by Gasteiger charge is 2.26. The molecule has 0 aliphatic carbocycles. The molecule has 1 saturated heterocycles. The lowest BCUT2D eigenvalue weighted by Gasteiger charge is -2.32. The van der Waals surface area contributed by atoms with Crippen LogP contribution in [0.3, 0.4) is 0 Å². The molecule has 2 atom stereocenters. The van der Waals surface area contributed by atoms with E-state index in [1.54, 1.807) is 6.20 Å². The molecule has 0 saturated carbocycles. The van der Waals surface area contributed by atoms with Crippen LogP contribution in [0.2, 0.25) is 0 Å². The van der Waals surface area contributed by atoms with Crippen molar-refractivity contribution in [3.8, 4) is 5.75 Å². The highest BCUT2D eigenvalue weighted by atomic mass is 16.5. The largest absolute Gasteiger partial charge is 0.486 e. The summed E-state index contributed by atoms with van der Waals surface area (Å²) < 4.78 is 11.7. The van der Waals surface area contributed by atoms with Crippen molar-refractivity contribution in [2.45, 2.75) is 31.9 Å². The van der Waals surface area contributed by atoms with Gasteiger partial charge in [0, 0.05) is 30.3 Å². The van der Waals surface area contributed by atoms with Gasteiger partial charge in [0.2, 0.25) is 0 Å². The SMILES string of the molecule is CCCNC1CCOCC1Oc1ccc2cccnc2c1. The van der Waals surface area contributed by atoms with Crippen LogP contribution in [0.4, 0.5) is 0 Å². The van der Waals surface area contributed by atoms with E-state index in [9.17, 15) is 0 Å². The van der Waals surface area contributed by atoms with Gasteiger partial charge in [-0.05, 0) is 37.6 Å². The summed E-state index contributed by atoms with van der Waals surface area (Å²) in [6.07, 6.45) is 3.99. The summed E-state index contributed by atoms with van der Waals surface area (Å²) >= 11 is 0. The van der Waals surface area contributed by atoms with Crippen LogP contribution in [0.1, 0.15) is 19.8 Å². The summed E-state index contributed by atoms with van der Waals surface area (Å²) in [7, 11) is 0. The average Bonchev–Trinajstić information content (AvgIpc) is 2.54. The van der Waals surface area contributed by atoms with Gasteiger partial charge in [-0.3, -0.25) is 4.98 Å². The number of nitrogens with one attached hydrogen (secondary N) is 1. The van der Waals surface area contributed by atoms with Crippen molar-refractivity contribution in [3.05, 3.63) is 36.5 Å². The molecule has 1 N–H and O–H groups in total. The Morgan fingerprint density at radius 3 is 3.24 bits per heavy atom. The maximum absolute atomic E-state index is 6.15. The minimum absolute atomic E-state index is 0.0615. The average molecular weight is 286 g/mol. The summed E-state index contributed by atoms with van der Waals surface area (Å²) in [5.41, 5.74) is 0.963. The van der Waals surface area contributed by atoms with E-state index in [1.165, 1.54) is 0 Å². The van der Waals surface area contributed by atoms with E-state index in [0.717, 1.165) is 42.6 Å². The van der Waals surface area contributed by atoms with Gasteiger partial charge in [-0.1, -0.05) is 13.0 Å². The molecule has 1 aliphatic rings. The normalized spacial score (nSPS) is 22.3. The zero-order valence-electron chi connectivity index (χ0n) is 12.4. The highest BCUT2D eigenvalue weighted by Crippen LogP contribution is 2.22. The molecule has 0 radical (unpaired) electrons. The molecule has 1 fully saturated rings. The van der Waals surface area contributed by atoms with Crippen molar-refractivity contribution in [3.63, 3.8) is 0 Å². The molecule has 1 aromatic carbocycles. The first-order chi connectivity index (χ1) is 10.4. The Morgan fingerprint density at radius 1 is 1.38 bits per heavy atom. The van der Waals surface area contributed by atoms with Gasteiger partial charge in [0.1, 0.15) is 11.9 Å². The lowest BCUT2D eigenvalue weighted by Crippen LogP contribution is -2.49. The summed E-state index contributed by atoms with van der Waals surface area (Å²) in [6.45, 7) is 4.64. The molecule has 0 bridgehead atoms. The number of hydrogen-bond acceptors (Lipinski definition) is 4. The second-order valence-electron chi connectivity index (χ2n) is 5.44. The van der Waals surface area contributed by atoms with Gasteiger partial charge in [0.05, 0.1) is 12.1 Å². The molecule has 0 spiro atoms. The number of nitrogens with zero attached hydrogens (tertiary/aromatic N) is 1. The molecular weight excluding hydrogens is 264 g/mol. The van der Waals surface area contributed by atoms with Gasteiger partial charge in [-0.25, -0.2) is 0 Å². The quantitative estimate of drug-likeness (QED) is 0.918. The maximum atomic E-state index is 6.15. The van der Waals surface area contributed by atoms with E-state index in [2.05, 4.69) is 29.4 Å². The predicted octanol–water partition coefficient (Wildman–Crippen LogP) is 2.77. The van der Waals surface area contributed by atoms with E-state index >= 15 is 0 Å². The van der Waals surface area contributed by atoms with Crippen LogP contribution in [-0.4, -0.2) is 36.9 Å². The van der Waals surface area contributed by atoms with Crippen LogP contribution in [0, 0.1) is 0 Å². The molecule has 1 aliphatic heterocycles. The van der Waals surface area contributed by atoms with Crippen LogP contribution in [0.25, 0.3) is 10.9 Å². The van der Waals surface area contributed by atoms with E-state index in [-0.39, 0.29) is 6.10 Å². The number of fused-ring (bicyclic) bond motifs is 1. The second-order valence-corrected chi connectivity index (χ2v) is 5.44. The number of pyridine rings is 1. The summed E-state index contributed by atoms with van der Waals surface area (Å²) in [4.78, 5) is 4.38. The third-order valence-corrected chi connectivity index (χ3v) is 3.83. The van der Waals surface area contributed by atoms with Crippen molar-refractivity contribution < 1.29 is 9.47 Å². The molecule has 2 heterocycles. The van der Waals surface area contributed by atoms with Gasteiger partial charge in [-0.15, -0.1) is 0 Å². The minimum atomic E-state index is 0.0615. The number of aromatic nitrogens is 1. The molecule has 4 nitrogen and oxygen atoms in total. The van der Waals surface area contributed by atoms with Gasteiger partial charge < -0.3 is 14.8 Å². The fourth-order valence-electron chi connectivity index (χ4n) is 2.69. The van der Waals surface area contributed by atoms with Gasteiger partial charge in [-0.2, -0.15) is 0 Å². The first-order valence-electron chi connectivity index (χ1n) is 7.69. The van der Waals surface area contributed by atoms with Crippen LogP contribution >= 0.6 is 0 Å². The standard InChI is InChI=1S/C17H22N2O2/c1-2-8-18-15-7-10-20-12-17(15)21-14-6-5-13-4-3-9-19-16(13)11-14/h3-6,9,11,15,17-18H,2,7-8,10,12H2,1H3. The Hall–Kier alpha value is -1.65. The van der Waals surface area contributed by atoms with Gasteiger partial charge >= 0.3 is 0 Å². The van der Waals surface area contributed by atoms with E-state index in [4.69, 9.17) is 9.47 Å². The predicted molar refractivity (Wildman–Crippen MR) is 83.7 cm³/mol. The molecule has 21 heavy (non-hydrogen) atoms. The van der Waals surface area contributed by atoms with Crippen molar-refractivity contribution in [1.29, 1.82) is 0 Å². The molecule has 0 amide bonds. The maximum Gasteiger partial charge on any atom is 0.137 e. The molecule has 4 heteroatoms. The number of hydrogen-bond donors (Lipinski definition) is 1. The van der Waals surface area contributed by atoms with Gasteiger partial charge in [0.15, 0.2) is 0 Å². The van der Waals surface area contributed by atoms with E-state index in [0.29, 0.717) is 12.6 Å². The zero-order valence-corrected chi connectivity index (χ0v) is 12.4. The van der Waals surface area contributed by atoms with Crippen molar-refractivity contribution in [1.82, 2.24) is 10.3 Å². The Kier molecular flexibility index (Phi) is 4.68. The zero-order chi connectivity index (χ0) is 14.5. The third-order valence-electron chi connectivity index (χ3n) is 3.83. The Balaban J connectivity index is 1.72. The molecule has 112 valence electrons. The summed E-state index contributed by atoms with van der Waals surface area (Å²) in [6, 6.07) is 10.4. The number of benzene rings is 1. The number of ether oxygens (including phenoxy) is 2. The van der Waals surface area contributed by atoms with E-state index in [1.807, 2.05) is 18.2 Å². The van der Waals surface area contributed by atoms with Crippen LogP contribution in [0.5, 0.6) is 5.75 Å². The lowest BCUT2D eigenvalue weighted by atomic mass is 10.1. The van der Waals surface area contributed by atoms with Crippen molar-refractivity contribution in [2.75, 3.05) is 19.8 Å². The molecule has 2 unspecified atom stereocenters. The van der Waals surface area contributed by atoms with Crippen molar-refractivity contribution in [2.24, 2.45) is 0 Å². The molecule has 3 rings (SSSR count). The number of rotatable bonds is 5. The smallest absolute Gasteiger partial charge is 0.137 e. The Labute approximate surface area is 125 Å². The van der Waals surface area contributed by atoms with E-state index < -0.39 is 0 Å². The highest BCUT2D eigenvalue weighted by molar-refractivity contribution is 5.79. The third kappa shape index (κ3) is 3.52. The topological polar surface area (TPSA) is 43.4 Å². The van der Waals surface area contributed by atoms with Gasteiger partial charge in [0.25, 0.3) is 0 Å². The monoisotopic (exact) mass is 286 g/mol. The molecular formula is C17H22N2O2. The molecule has 1 aromatic heterocycles. The fraction of sp³-hybridized carbons (Fsp3) is 0.471. The second kappa shape index (κ2) is 6.87. The van der Waals surface area contributed by atoms with Crippen molar-refractivity contribution >= 4 is 10.9 Å². The van der Waals surface area contributed by atoms with Crippen LogP contribution in [0.15, 0.2) is 36.5 Å². The first-order valence-corrected chi connectivity index (χ1v) is 7.69.